The number of aromatic carboxylic acids is 1. The number of aromatic nitrogens is 2. The number of nitrogens with one attached hydrogen (secondary N) is 1. The fraction of sp³-hybridized carbons (Fsp3) is 0.372. The van der Waals surface area contributed by atoms with Crippen LogP contribution in [0.4, 0.5) is 10.9 Å². The normalized spacial score (nSPS) is 12.8. The Bertz CT molecular complexity index is 2090. The molecule has 0 aliphatic carbocycles. The summed E-state index contributed by atoms with van der Waals surface area (Å²) >= 11 is 1.44. The molecule has 10 heteroatoms. The average molecular weight is 733 g/mol. The Labute approximate surface area is 315 Å². The van der Waals surface area contributed by atoms with Gasteiger partial charge in [-0.05, 0) is 89.8 Å². The van der Waals surface area contributed by atoms with Gasteiger partial charge in [-0.1, -0.05) is 94.2 Å². The van der Waals surface area contributed by atoms with Crippen molar-refractivity contribution in [3.63, 3.8) is 0 Å². The van der Waals surface area contributed by atoms with E-state index in [4.69, 9.17) is 9.72 Å². The quantitative estimate of drug-likeness (QED) is 0.0806. The molecule has 0 unspecified atom stereocenters. The lowest BCUT2D eigenvalue weighted by molar-refractivity contribution is -0.107. The first-order valence-electron chi connectivity index (χ1n) is 18.5. The van der Waals surface area contributed by atoms with Gasteiger partial charge in [0.25, 0.3) is 5.91 Å². The number of hydrogen-bond acceptors (Lipinski definition) is 8. The van der Waals surface area contributed by atoms with E-state index < -0.39 is 11.4 Å². The van der Waals surface area contributed by atoms with Crippen molar-refractivity contribution < 1.29 is 24.2 Å². The Balaban J connectivity index is 1.26. The Morgan fingerprint density at radius 3 is 2.47 bits per heavy atom. The molecule has 0 saturated carbocycles. The summed E-state index contributed by atoms with van der Waals surface area (Å²) in [4.78, 5) is 48.8. The van der Waals surface area contributed by atoms with Crippen LogP contribution in [-0.4, -0.2) is 46.4 Å². The van der Waals surface area contributed by atoms with Crippen LogP contribution in [0, 0.1) is 6.92 Å². The van der Waals surface area contributed by atoms with Crippen molar-refractivity contribution in [3.05, 3.63) is 100 Å². The Hall–Kier alpha value is -5.09. The van der Waals surface area contributed by atoms with Gasteiger partial charge in [0.05, 0.1) is 16.8 Å². The molecule has 5 aromatic rings. The maximum Gasteiger partial charge on any atom is 0.355 e. The van der Waals surface area contributed by atoms with Gasteiger partial charge in [0.15, 0.2) is 10.8 Å². The molecule has 3 heterocycles. The SMILES string of the molecule is Cc1c(OCCCCCCCCC=O)cccc1-c1c(C(C)(C)C)cc(N2CCc3cccc(C(=O)Nc4nc5ccccc5s4)c3C2)nc1C(=O)O. The molecular formula is C43H48N4O5S. The summed E-state index contributed by atoms with van der Waals surface area (Å²) < 4.78 is 7.25. The number of fused-ring (bicyclic) bond motifs is 2. The Kier molecular flexibility index (Phi) is 11.9. The van der Waals surface area contributed by atoms with Crippen molar-refractivity contribution >= 4 is 50.7 Å². The second-order valence-corrected chi connectivity index (χ2v) is 15.7. The zero-order valence-electron chi connectivity index (χ0n) is 31.0. The molecule has 1 aliphatic heterocycles. The van der Waals surface area contributed by atoms with Crippen LogP contribution in [0.15, 0.2) is 66.7 Å². The van der Waals surface area contributed by atoms with E-state index >= 15 is 0 Å². The van der Waals surface area contributed by atoms with Crippen molar-refractivity contribution in [2.45, 2.75) is 91.0 Å². The van der Waals surface area contributed by atoms with Gasteiger partial charge in [-0.15, -0.1) is 0 Å². The van der Waals surface area contributed by atoms with Crippen LogP contribution < -0.4 is 15.0 Å². The molecule has 0 spiro atoms. The number of anilines is 2. The van der Waals surface area contributed by atoms with E-state index in [0.717, 1.165) is 88.6 Å². The molecule has 2 aromatic heterocycles. The van der Waals surface area contributed by atoms with Gasteiger partial charge >= 0.3 is 5.97 Å². The number of aldehydes is 1. The number of carbonyl (C=O) groups is 3. The Morgan fingerprint density at radius 1 is 0.962 bits per heavy atom. The second kappa shape index (κ2) is 16.7. The maximum absolute atomic E-state index is 13.7. The molecule has 3 aromatic carbocycles. The third-order valence-corrected chi connectivity index (χ3v) is 10.9. The molecule has 1 aliphatic rings. The largest absolute Gasteiger partial charge is 0.493 e. The standard InChI is InChI=1S/C43H48N4O5S/c1-28-30(17-15-20-35(28)52-25-13-9-7-5-6-8-12-24-48)38-33(43(2,3)4)26-37(45-39(38)41(50)51)47-23-22-29-16-14-18-31(32(29)27-47)40(49)46-42-44-34-19-10-11-21-36(34)53-42/h10-11,14-21,24,26H,5-9,12-13,22-23,25,27H2,1-4H3,(H,50,51)(H,44,46,49). The second-order valence-electron chi connectivity index (χ2n) is 14.7. The number of rotatable bonds is 15. The maximum atomic E-state index is 13.7. The van der Waals surface area contributed by atoms with Crippen LogP contribution in [-0.2, 0) is 23.2 Å². The summed E-state index contributed by atoms with van der Waals surface area (Å²) in [5, 5.41) is 14.2. The number of carbonyl (C=O) groups excluding carboxylic acids is 2. The molecule has 6 rings (SSSR count). The van der Waals surface area contributed by atoms with Gasteiger partial charge < -0.3 is 19.5 Å². The number of thiazole rings is 1. The Morgan fingerprint density at radius 2 is 1.72 bits per heavy atom. The third kappa shape index (κ3) is 8.76. The minimum Gasteiger partial charge on any atom is -0.493 e. The first-order chi connectivity index (χ1) is 25.5. The van der Waals surface area contributed by atoms with E-state index in [1.54, 1.807) is 0 Å². The highest BCUT2D eigenvalue weighted by atomic mass is 32.1. The number of nitrogens with zero attached hydrogens (tertiary/aromatic N) is 3. The highest BCUT2D eigenvalue weighted by Gasteiger charge is 2.31. The smallest absolute Gasteiger partial charge is 0.355 e. The zero-order chi connectivity index (χ0) is 37.5. The van der Waals surface area contributed by atoms with Crippen LogP contribution in [0.5, 0.6) is 5.75 Å². The summed E-state index contributed by atoms with van der Waals surface area (Å²) in [5.74, 6) is -0.0202. The van der Waals surface area contributed by atoms with Gasteiger partial charge in [0, 0.05) is 30.6 Å². The van der Waals surface area contributed by atoms with E-state index in [-0.39, 0.29) is 11.6 Å². The molecule has 0 radical (unpaired) electrons. The minimum absolute atomic E-state index is 0.00471. The van der Waals surface area contributed by atoms with Crippen molar-refractivity contribution in [1.29, 1.82) is 0 Å². The summed E-state index contributed by atoms with van der Waals surface area (Å²) in [6, 6.07) is 21.4. The van der Waals surface area contributed by atoms with Crippen molar-refractivity contribution in [2.24, 2.45) is 0 Å². The average Bonchev–Trinajstić information content (AvgIpc) is 3.55. The highest BCUT2D eigenvalue weighted by Crippen LogP contribution is 2.41. The number of ether oxygens (including phenoxy) is 1. The van der Waals surface area contributed by atoms with Crippen LogP contribution >= 0.6 is 11.3 Å². The fourth-order valence-corrected chi connectivity index (χ4v) is 7.91. The van der Waals surface area contributed by atoms with Crippen molar-refractivity contribution in [2.75, 3.05) is 23.4 Å². The van der Waals surface area contributed by atoms with Crippen LogP contribution in [0.1, 0.15) is 109 Å². The third-order valence-electron chi connectivity index (χ3n) is 9.90. The lowest BCUT2D eigenvalue weighted by atomic mass is 9.80. The molecule has 0 saturated heterocycles. The molecule has 0 bridgehead atoms. The van der Waals surface area contributed by atoms with E-state index in [1.807, 2.05) is 67.6 Å². The number of pyridine rings is 1. The molecule has 0 fully saturated rings. The van der Waals surface area contributed by atoms with E-state index in [1.165, 1.54) is 11.3 Å². The number of hydrogen-bond donors (Lipinski definition) is 2. The van der Waals surface area contributed by atoms with Crippen molar-refractivity contribution in [1.82, 2.24) is 9.97 Å². The molecule has 0 atom stereocenters. The number of carboxylic acids is 1. The molecule has 276 valence electrons. The van der Waals surface area contributed by atoms with Gasteiger partial charge in [-0.25, -0.2) is 14.8 Å². The van der Waals surface area contributed by atoms with Gasteiger partial charge in [-0.2, -0.15) is 0 Å². The number of amides is 1. The first-order valence-corrected chi connectivity index (χ1v) is 19.3. The molecule has 1 amide bonds. The number of unbranched alkanes of at least 4 members (excludes halogenated alkanes) is 6. The summed E-state index contributed by atoms with van der Waals surface area (Å²) in [6.07, 6.45) is 8.54. The van der Waals surface area contributed by atoms with Crippen LogP contribution in [0.2, 0.25) is 0 Å². The highest BCUT2D eigenvalue weighted by molar-refractivity contribution is 7.22. The molecular weight excluding hydrogens is 685 g/mol. The molecule has 2 N–H and O–H groups in total. The van der Waals surface area contributed by atoms with Crippen LogP contribution in [0.3, 0.4) is 0 Å². The van der Waals surface area contributed by atoms with E-state index in [0.29, 0.717) is 54.6 Å². The predicted molar refractivity (Wildman–Crippen MR) is 213 cm³/mol. The minimum atomic E-state index is -1.10. The van der Waals surface area contributed by atoms with Gasteiger partial charge in [-0.3, -0.25) is 10.1 Å². The lowest BCUT2D eigenvalue weighted by Gasteiger charge is -2.33. The summed E-state index contributed by atoms with van der Waals surface area (Å²) in [6.45, 7) is 9.86. The number of benzene rings is 3. The fourth-order valence-electron chi connectivity index (χ4n) is 7.05. The summed E-state index contributed by atoms with van der Waals surface area (Å²) in [5.41, 5.74) is 6.12. The topological polar surface area (TPSA) is 122 Å². The van der Waals surface area contributed by atoms with Crippen LogP contribution in [0.25, 0.3) is 21.3 Å². The van der Waals surface area contributed by atoms with Gasteiger partial charge in [0.1, 0.15) is 17.9 Å². The summed E-state index contributed by atoms with van der Waals surface area (Å²) in [7, 11) is 0. The monoisotopic (exact) mass is 732 g/mol. The number of carboxylic acid groups (broad SMARTS) is 1. The lowest BCUT2D eigenvalue weighted by Crippen LogP contribution is -2.33. The number of para-hydroxylation sites is 1. The molecule has 9 nitrogen and oxygen atoms in total. The zero-order valence-corrected chi connectivity index (χ0v) is 31.9. The van der Waals surface area contributed by atoms with Gasteiger partial charge in [0.2, 0.25) is 0 Å². The van der Waals surface area contributed by atoms with Crippen molar-refractivity contribution in [3.8, 4) is 16.9 Å². The first kappa shape index (κ1) is 37.7. The predicted octanol–water partition coefficient (Wildman–Crippen LogP) is 9.79. The van der Waals surface area contributed by atoms with E-state index in [2.05, 4.69) is 42.0 Å². The molecule has 53 heavy (non-hydrogen) atoms. The van der Waals surface area contributed by atoms with E-state index in [9.17, 15) is 19.5 Å².